The molecule has 1 atom stereocenters. The fraction of sp³-hybridized carbons (Fsp3) is 0.364. The number of carbonyl (C=O) groups excluding carboxylic acids is 2. The smallest absolute Gasteiger partial charge is 0.255 e. The summed E-state index contributed by atoms with van der Waals surface area (Å²) in [7, 11) is -3.86. The lowest BCUT2D eigenvalue weighted by atomic mass is 9.99. The van der Waals surface area contributed by atoms with Crippen LogP contribution in [0.4, 0.5) is 5.69 Å². The molecule has 32 heavy (non-hydrogen) atoms. The van der Waals surface area contributed by atoms with Crippen LogP contribution in [0.3, 0.4) is 0 Å². The predicted octanol–water partition coefficient (Wildman–Crippen LogP) is 1.99. The van der Waals surface area contributed by atoms with Gasteiger partial charge in [-0.05, 0) is 43.2 Å². The number of rotatable bonds is 5. The highest BCUT2D eigenvalue weighted by atomic mass is 32.2. The van der Waals surface area contributed by atoms with Gasteiger partial charge in [0.15, 0.2) is 11.5 Å². The van der Waals surface area contributed by atoms with E-state index in [9.17, 15) is 18.0 Å². The van der Waals surface area contributed by atoms with Crippen LogP contribution in [-0.2, 0) is 14.8 Å². The van der Waals surface area contributed by atoms with E-state index in [4.69, 9.17) is 15.2 Å². The number of fused-ring (bicyclic) bond motifs is 1. The lowest BCUT2D eigenvalue weighted by Crippen LogP contribution is -2.44. The third-order valence-corrected chi connectivity index (χ3v) is 7.39. The number of nitrogens with zero attached hydrogens (tertiary/aromatic N) is 1. The molecule has 1 saturated heterocycles. The Hall–Kier alpha value is -3.11. The molecule has 2 aliphatic heterocycles. The summed E-state index contributed by atoms with van der Waals surface area (Å²) in [5, 5.41) is 2.76. The molecule has 0 aromatic heterocycles. The molecule has 170 valence electrons. The zero-order chi connectivity index (χ0) is 22.7. The third kappa shape index (κ3) is 4.71. The molecule has 1 fully saturated rings. The molecule has 2 aromatic carbocycles. The second-order valence-electron chi connectivity index (χ2n) is 7.80. The average molecular weight is 460 g/mol. The van der Waals surface area contributed by atoms with E-state index in [2.05, 4.69) is 5.32 Å². The van der Waals surface area contributed by atoms with Gasteiger partial charge in [-0.3, -0.25) is 9.59 Å². The van der Waals surface area contributed by atoms with Crippen molar-refractivity contribution in [3.63, 3.8) is 0 Å². The quantitative estimate of drug-likeness (QED) is 0.704. The topological polar surface area (TPSA) is 128 Å². The molecular formula is C22H25N3O6S. The van der Waals surface area contributed by atoms with Gasteiger partial charge in [-0.2, -0.15) is 4.31 Å². The first-order valence-electron chi connectivity index (χ1n) is 10.4. The van der Waals surface area contributed by atoms with Crippen LogP contribution in [0.25, 0.3) is 0 Å². The van der Waals surface area contributed by atoms with Crippen LogP contribution >= 0.6 is 0 Å². The van der Waals surface area contributed by atoms with Crippen molar-refractivity contribution in [2.75, 3.05) is 31.6 Å². The molecule has 3 N–H and O–H groups in total. The second kappa shape index (κ2) is 9.17. The summed E-state index contributed by atoms with van der Waals surface area (Å²) in [6.07, 6.45) is 1.89. The SMILES string of the molecule is NC(=O)C1CCCN(S(=O)(=O)c2cccc(C(=O)Nc3ccc4c(c3)OCCCO4)c2)C1. The third-order valence-electron chi connectivity index (χ3n) is 5.53. The molecule has 1 unspecified atom stereocenters. The number of amides is 2. The molecule has 2 aliphatic rings. The fourth-order valence-electron chi connectivity index (χ4n) is 3.78. The van der Waals surface area contributed by atoms with Crippen molar-refractivity contribution in [2.45, 2.75) is 24.2 Å². The summed E-state index contributed by atoms with van der Waals surface area (Å²) < 4.78 is 38.7. The van der Waals surface area contributed by atoms with Gasteiger partial charge in [0.25, 0.3) is 5.91 Å². The van der Waals surface area contributed by atoms with Crippen molar-refractivity contribution in [1.82, 2.24) is 4.31 Å². The van der Waals surface area contributed by atoms with E-state index in [0.29, 0.717) is 49.8 Å². The van der Waals surface area contributed by atoms with E-state index in [-0.39, 0.29) is 17.0 Å². The minimum Gasteiger partial charge on any atom is -0.490 e. The second-order valence-corrected chi connectivity index (χ2v) is 9.74. The normalized spacial score (nSPS) is 19.1. The van der Waals surface area contributed by atoms with Gasteiger partial charge in [-0.25, -0.2) is 8.42 Å². The van der Waals surface area contributed by atoms with Crippen molar-refractivity contribution in [2.24, 2.45) is 11.7 Å². The first-order valence-corrected chi connectivity index (χ1v) is 11.9. The number of primary amides is 1. The number of carbonyl (C=O) groups is 2. The first-order chi connectivity index (χ1) is 15.3. The number of piperidine rings is 1. The molecule has 0 aliphatic carbocycles. The molecule has 4 rings (SSSR count). The number of hydrogen-bond acceptors (Lipinski definition) is 6. The monoisotopic (exact) mass is 459 g/mol. The van der Waals surface area contributed by atoms with Crippen LogP contribution in [0.2, 0.25) is 0 Å². The van der Waals surface area contributed by atoms with E-state index in [1.165, 1.54) is 22.5 Å². The largest absolute Gasteiger partial charge is 0.490 e. The lowest BCUT2D eigenvalue weighted by molar-refractivity contribution is -0.122. The highest BCUT2D eigenvalue weighted by molar-refractivity contribution is 7.89. The van der Waals surface area contributed by atoms with Crippen LogP contribution < -0.4 is 20.5 Å². The van der Waals surface area contributed by atoms with Gasteiger partial charge in [0.1, 0.15) is 0 Å². The summed E-state index contributed by atoms with van der Waals surface area (Å²) in [6.45, 7) is 1.44. The minimum atomic E-state index is -3.86. The van der Waals surface area contributed by atoms with Gasteiger partial charge in [0.05, 0.1) is 24.0 Å². The van der Waals surface area contributed by atoms with Crippen LogP contribution in [0.1, 0.15) is 29.6 Å². The molecular weight excluding hydrogens is 434 g/mol. The number of hydrogen-bond donors (Lipinski definition) is 2. The fourth-order valence-corrected chi connectivity index (χ4v) is 5.35. The Morgan fingerprint density at radius 1 is 1.03 bits per heavy atom. The maximum Gasteiger partial charge on any atom is 0.255 e. The summed E-state index contributed by atoms with van der Waals surface area (Å²) in [5.41, 5.74) is 6.07. The average Bonchev–Trinajstić information content (AvgIpc) is 3.04. The lowest BCUT2D eigenvalue weighted by Gasteiger charge is -2.30. The maximum atomic E-state index is 13.1. The zero-order valence-corrected chi connectivity index (χ0v) is 18.3. The molecule has 0 bridgehead atoms. The van der Waals surface area contributed by atoms with Crippen LogP contribution in [0.15, 0.2) is 47.4 Å². The number of ether oxygens (including phenoxy) is 2. The molecule has 2 aromatic rings. The molecule has 0 spiro atoms. The Balaban J connectivity index is 1.52. The Bertz CT molecular complexity index is 1130. The maximum absolute atomic E-state index is 13.1. The predicted molar refractivity (Wildman–Crippen MR) is 117 cm³/mol. The molecule has 2 amide bonds. The molecule has 0 saturated carbocycles. The van der Waals surface area contributed by atoms with Crippen molar-refractivity contribution in [3.8, 4) is 11.5 Å². The number of nitrogens with one attached hydrogen (secondary N) is 1. The number of benzene rings is 2. The van der Waals surface area contributed by atoms with Crippen molar-refractivity contribution < 1.29 is 27.5 Å². The molecule has 2 heterocycles. The first kappa shape index (κ1) is 22.1. The van der Waals surface area contributed by atoms with E-state index >= 15 is 0 Å². The minimum absolute atomic E-state index is 0.00562. The zero-order valence-electron chi connectivity index (χ0n) is 17.5. The van der Waals surface area contributed by atoms with Crippen molar-refractivity contribution >= 4 is 27.5 Å². The van der Waals surface area contributed by atoms with Gasteiger partial charge in [-0.15, -0.1) is 0 Å². The summed E-state index contributed by atoms with van der Waals surface area (Å²) >= 11 is 0. The van der Waals surface area contributed by atoms with Gasteiger partial charge >= 0.3 is 0 Å². The Morgan fingerprint density at radius 3 is 2.59 bits per heavy atom. The molecule has 10 heteroatoms. The highest BCUT2D eigenvalue weighted by Gasteiger charge is 2.32. The molecule has 0 radical (unpaired) electrons. The summed E-state index contributed by atoms with van der Waals surface area (Å²) in [4.78, 5) is 24.3. The Labute approximate surface area is 186 Å². The van der Waals surface area contributed by atoms with Crippen LogP contribution in [-0.4, -0.2) is 50.8 Å². The van der Waals surface area contributed by atoms with Crippen molar-refractivity contribution in [1.29, 1.82) is 0 Å². The van der Waals surface area contributed by atoms with E-state index < -0.39 is 27.8 Å². The van der Waals surface area contributed by atoms with Gasteiger partial charge in [-0.1, -0.05) is 6.07 Å². The standard InChI is InChI=1S/C22H25N3O6S/c23-21(26)16-5-2-9-25(14-16)32(28,29)18-6-1-4-15(12-18)22(27)24-17-7-8-19-20(13-17)31-11-3-10-30-19/h1,4,6-8,12-13,16H,2-3,5,9-11,14H2,(H2,23,26)(H,24,27). The van der Waals surface area contributed by atoms with Crippen LogP contribution in [0, 0.1) is 5.92 Å². The van der Waals surface area contributed by atoms with E-state index in [1.807, 2.05) is 0 Å². The molecule has 9 nitrogen and oxygen atoms in total. The van der Waals surface area contributed by atoms with Crippen LogP contribution in [0.5, 0.6) is 11.5 Å². The highest BCUT2D eigenvalue weighted by Crippen LogP contribution is 2.32. The number of anilines is 1. The number of sulfonamides is 1. The van der Waals surface area contributed by atoms with Gasteiger partial charge in [0.2, 0.25) is 15.9 Å². The number of nitrogens with two attached hydrogens (primary N) is 1. The van der Waals surface area contributed by atoms with Crippen molar-refractivity contribution in [3.05, 3.63) is 48.0 Å². The van der Waals surface area contributed by atoms with E-state index in [0.717, 1.165) is 6.42 Å². The summed E-state index contributed by atoms with van der Waals surface area (Å²) in [5.74, 6) is -0.308. The Kier molecular flexibility index (Phi) is 6.33. The van der Waals surface area contributed by atoms with Gasteiger partial charge in [0, 0.05) is 36.8 Å². The van der Waals surface area contributed by atoms with Gasteiger partial charge < -0.3 is 20.5 Å². The Morgan fingerprint density at radius 2 is 1.81 bits per heavy atom. The van der Waals surface area contributed by atoms with E-state index in [1.54, 1.807) is 24.3 Å². The summed E-state index contributed by atoms with van der Waals surface area (Å²) in [6, 6.07) is 10.9.